The van der Waals surface area contributed by atoms with Gasteiger partial charge in [0.25, 0.3) is 0 Å². The van der Waals surface area contributed by atoms with E-state index in [9.17, 15) is 18.0 Å². The molecule has 3 rings (SSSR count). The Morgan fingerprint density at radius 2 is 1.47 bits per heavy atom. The van der Waals surface area contributed by atoms with Gasteiger partial charge in [-0.15, -0.1) is 0 Å². The summed E-state index contributed by atoms with van der Waals surface area (Å²) in [4.78, 5) is 24.3. The molecule has 0 bridgehead atoms. The van der Waals surface area contributed by atoms with E-state index in [1.54, 1.807) is 30.3 Å². The van der Waals surface area contributed by atoms with Crippen LogP contribution in [-0.4, -0.2) is 34.1 Å². The predicted octanol–water partition coefficient (Wildman–Crippen LogP) is 3.71. The molecule has 0 spiro atoms. The Morgan fingerprint density at radius 1 is 0.853 bits per heavy atom. The molecular weight excluding hydrogens is 458 g/mol. The minimum absolute atomic E-state index is 0.0148. The number of alkyl carbamates (subject to hydrolysis) is 1. The first-order valence-electron chi connectivity index (χ1n) is 10.5. The number of benzene rings is 3. The number of ether oxygens (including phenoxy) is 2. The maximum atomic E-state index is 12.3. The average molecular weight is 484 g/mol. The van der Waals surface area contributed by atoms with Gasteiger partial charge in [0.1, 0.15) is 17.3 Å². The second-order valence-electron chi connectivity index (χ2n) is 7.36. The first-order valence-corrected chi connectivity index (χ1v) is 11.9. The van der Waals surface area contributed by atoms with Crippen LogP contribution in [0.25, 0.3) is 0 Å². The summed E-state index contributed by atoms with van der Waals surface area (Å²) in [5.74, 6) is -1.01. The highest BCUT2D eigenvalue weighted by molar-refractivity contribution is 7.87. The Kier molecular flexibility index (Phi) is 8.64. The lowest BCUT2D eigenvalue weighted by Crippen LogP contribution is -2.35. The lowest BCUT2D eigenvalue weighted by molar-refractivity contribution is -0.145. The van der Waals surface area contributed by atoms with Gasteiger partial charge in [-0.25, -0.2) is 4.79 Å². The summed E-state index contributed by atoms with van der Waals surface area (Å²) < 4.78 is 39.9. The maximum Gasteiger partial charge on any atom is 0.407 e. The zero-order chi connectivity index (χ0) is 24.4. The predicted molar refractivity (Wildman–Crippen MR) is 125 cm³/mol. The molecule has 0 saturated heterocycles. The minimum atomic E-state index is -3.95. The van der Waals surface area contributed by atoms with E-state index >= 15 is 0 Å². The van der Waals surface area contributed by atoms with Crippen molar-refractivity contribution in [2.45, 2.75) is 17.9 Å². The largest absolute Gasteiger partial charge is 0.469 e. The number of carbonyl (C=O) groups is 2. The van der Waals surface area contributed by atoms with E-state index < -0.39 is 28.1 Å². The molecule has 9 heteroatoms. The van der Waals surface area contributed by atoms with Crippen LogP contribution in [0.1, 0.15) is 11.1 Å². The van der Waals surface area contributed by atoms with Crippen molar-refractivity contribution in [1.29, 1.82) is 0 Å². The first-order chi connectivity index (χ1) is 16.4. The number of amides is 1. The van der Waals surface area contributed by atoms with Gasteiger partial charge in [-0.1, -0.05) is 60.7 Å². The van der Waals surface area contributed by atoms with Crippen LogP contribution in [-0.2, 0) is 37.4 Å². The normalized spacial score (nSPS) is 11.8. The molecule has 0 heterocycles. The third-order valence-corrected chi connectivity index (χ3v) is 6.14. The average Bonchev–Trinajstić information content (AvgIpc) is 2.86. The fourth-order valence-corrected chi connectivity index (χ4v) is 4.06. The molecule has 0 fully saturated rings. The smallest absolute Gasteiger partial charge is 0.407 e. The molecule has 1 amide bonds. The SMILES string of the molecule is COC(=O)C(CNC(=O)OCc1ccccc1)Cc1ccc(OS(=O)(=O)c2ccccc2)cc1. The van der Waals surface area contributed by atoms with Crippen LogP contribution < -0.4 is 9.50 Å². The molecule has 0 aliphatic rings. The standard InChI is InChI=1S/C25H25NO7S/c1-31-24(27)21(17-26-25(28)32-18-20-8-4-2-5-9-20)16-19-12-14-22(15-13-19)33-34(29,30)23-10-6-3-7-11-23/h2-15,21H,16-18H2,1H3,(H,26,28). The van der Waals surface area contributed by atoms with Crippen molar-refractivity contribution in [3.8, 4) is 5.75 Å². The molecule has 3 aromatic carbocycles. The summed E-state index contributed by atoms with van der Waals surface area (Å²) in [6.45, 7) is 0.129. The molecule has 0 aliphatic carbocycles. The number of hydrogen-bond donors (Lipinski definition) is 1. The molecule has 34 heavy (non-hydrogen) atoms. The van der Waals surface area contributed by atoms with Crippen LogP contribution in [0.15, 0.2) is 89.8 Å². The summed E-state index contributed by atoms with van der Waals surface area (Å²) in [5, 5.41) is 2.58. The second kappa shape index (κ2) is 11.9. The van der Waals surface area contributed by atoms with Crippen LogP contribution >= 0.6 is 0 Å². The van der Waals surface area contributed by atoms with Gasteiger partial charge in [0.15, 0.2) is 0 Å². The number of nitrogens with one attached hydrogen (secondary N) is 1. The lowest BCUT2D eigenvalue weighted by Gasteiger charge is -2.16. The Bertz CT molecular complexity index is 1180. The second-order valence-corrected chi connectivity index (χ2v) is 8.91. The monoisotopic (exact) mass is 483 g/mol. The summed E-state index contributed by atoms with van der Waals surface area (Å²) in [5.41, 5.74) is 1.58. The van der Waals surface area contributed by atoms with E-state index in [1.807, 2.05) is 30.3 Å². The Hall–Kier alpha value is -3.85. The van der Waals surface area contributed by atoms with E-state index in [0.29, 0.717) is 0 Å². The van der Waals surface area contributed by atoms with Gasteiger partial charge >= 0.3 is 22.2 Å². The molecule has 8 nitrogen and oxygen atoms in total. The molecule has 0 aromatic heterocycles. The van der Waals surface area contributed by atoms with Gasteiger partial charge in [-0.05, 0) is 41.8 Å². The quantitative estimate of drug-likeness (QED) is 0.346. The summed E-state index contributed by atoms with van der Waals surface area (Å²) in [6, 6.07) is 23.4. The summed E-state index contributed by atoms with van der Waals surface area (Å²) in [7, 11) is -2.67. The molecule has 178 valence electrons. The summed E-state index contributed by atoms with van der Waals surface area (Å²) >= 11 is 0. The molecule has 0 radical (unpaired) electrons. The van der Waals surface area contributed by atoms with Gasteiger partial charge in [0.05, 0.1) is 13.0 Å². The lowest BCUT2D eigenvalue weighted by atomic mass is 9.99. The van der Waals surface area contributed by atoms with Crippen LogP contribution in [0, 0.1) is 5.92 Å². The van der Waals surface area contributed by atoms with Crippen LogP contribution in [0.5, 0.6) is 5.75 Å². The van der Waals surface area contributed by atoms with Crippen LogP contribution in [0.2, 0.25) is 0 Å². The van der Waals surface area contributed by atoms with Crippen molar-refractivity contribution < 1.29 is 31.7 Å². The number of hydrogen-bond acceptors (Lipinski definition) is 7. The highest BCUT2D eigenvalue weighted by Crippen LogP contribution is 2.20. The van der Waals surface area contributed by atoms with Crippen molar-refractivity contribution in [2.24, 2.45) is 5.92 Å². The fraction of sp³-hybridized carbons (Fsp3) is 0.200. The van der Waals surface area contributed by atoms with Crippen molar-refractivity contribution in [2.75, 3.05) is 13.7 Å². The molecule has 3 aromatic rings. The number of esters is 1. The topological polar surface area (TPSA) is 108 Å². The van der Waals surface area contributed by atoms with E-state index in [0.717, 1.165) is 11.1 Å². The molecule has 1 unspecified atom stereocenters. The molecule has 1 N–H and O–H groups in total. The zero-order valence-corrected chi connectivity index (χ0v) is 19.4. The van der Waals surface area contributed by atoms with Crippen LogP contribution in [0.4, 0.5) is 4.79 Å². The van der Waals surface area contributed by atoms with Gasteiger partial charge in [-0.2, -0.15) is 8.42 Å². The summed E-state index contributed by atoms with van der Waals surface area (Å²) in [6.07, 6.45) is -0.384. The van der Waals surface area contributed by atoms with Crippen molar-refractivity contribution >= 4 is 22.2 Å². The van der Waals surface area contributed by atoms with E-state index in [4.69, 9.17) is 13.7 Å². The van der Waals surface area contributed by atoms with Gasteiger partial charge in [0.2, 0.25) is 0 Å². The number of rotatable bonds is 10. The first kappa shape index (κ1) is 24.8. The van der Waals surface area contributed by atoms with E-state index in [-0.39, 0.29) is 30.2 Å². The minimum Gasteiger partial charge on any atom is -0.469 e. The highest BCUT2D eigenvalue weighted by atomic mass is 32.2. The Balaban J connectivity index is 1.56. The molecule has 1 atom stereocenters. The van der Waals surface area contributed by atoms with E-state index in [2.05, 4.69) is 5.32 Å². The highest BCUT2D eigenvalue weighted by Gasteiger charge is 2.22. The van der Waals surface area contributed by atoms with Gasteiger partial charge < -0.3 is 19.0 Å². The maximum absolute atomic E-state index is 12.3. The van der Waals surface area contributed by atoms with Gasteiger partial charge in [-0.3, -0.25) is 4.79 Å². The fourth-order valence-electron chi connectivity index (χ4n) is 3.11. The number of carbonyl (C=O) groups excluding carboxylic acids is 2. The molecule has 0 saturated carbocycles. The van der Waals surface area contributed by atoms with Gasteiger partial charge in [0, 0.05) is 6.54 Å². The molecular formula is C25H25NO7S. The van der Waals surface area contributed by atoms with Crippen molar-refractivity contribution in [3.05, 3.63) is 96.1 Å². The molecule has 0 aliphatic heterocycles. The Labute approximate surface area is 198 Å². The third-order valence-electron chi connectivity index (χ3n) is 4.88. The van der Waals surface area contributed by atoms with Crippen molar-refractivity contribution in [1.82, 2.24) is 5.32 Å². The third kappa shape index (κ3) is 7.35. The van der Waals surface area contributed by atoms with Crippen molar-refractivity contribution in [3.63, 3.8) is 0 Å². The Morgan fingerprint density at radius 3 is 2.09 bits per heavy atom. The zero-order valence-electron chi connectivity index (χ0n) is 18.5. The van der Waals surface area contributed by atoms with E-state index in [1.165, 1.54) is 31.4 Å². The van der Waals surface area contributed by atoms with Crippen LogP contribution in [0.3, 0.4) is 0 Å². The number of methoxy groups -OCH3 is 1.